The first-order valence-electron chi connectivity index (χ1n) is 26.0. The van der Waals surface area contributed by atoms with Crippen molar-refractivity contribution >= 4 is 33.4 Å². The second kappa shape index (κ2) is 41.7. The van der Waals surface area contributed by atoms with E-state index in [0.29, 0.717) is 25.7 Å². The van der Waals surface area contributed by atoms with Crippen molar-refractivity contribution in [2.75, 3.05) is 25.6 Å². The minimum atomic E-state index is -5.48. The van der Waals surface area contributed by atoms with Gasteiger partial charge in [-0.15, -0.1) is 0 Å². The molecule has 0 amide bonds. The monoisotopic (exact) mass is 1110 g/mol. The number of aliphatic hydroxyl groups is 3. The molecule has 1 aromatic heterocycles. The molecule has 1 fully saturated rings. The lowest BCUT2D eigenvalue weighted by Gasteiger charge is -2.21. The van der Waals surface area contributed by atoms with Crippen LogP contribution < -0.4 is 11.4 Å². The lowest BCUT2D eigenvalue weighted by atomic mass is 10.1. The molecule has 21 heteroatoms. The molecule has 426 valence electrons. The zero-order valence-electron chi connectivity index (χ0n) is 44.3. The Morgan fingerprint density at radius 1 is 0.675 bits per heavy atom. The SMILES string of the molecule is CC/C=C\C/C=C\C/C=C\C/C=C\C/C=C\C/C=C\CCC(=O)OC[C@H](COP(=O)(O)OP(=O)(O)OC[C@H]1O[C@@H](n2ccc(N)nc2=O)[C@H](O)[C@@H]1O)OC(=O)CC/C=C\C/C=C\C/C=C\C/C=C/C=C/C(O)C/C=C\CC. The highest BCUT2D eigenvalue weighted by molar-refractivity contribution is 7.61. The Morgan fingerprint density at radius 2 is 1.16 bits per heavy atom. The summed E-state index contributed by atoms with van der Waals surface area (Å²) >= 11 is 0. The van der Waals surface area contributed by atoms with Gasteiger partial charge in [-0.1, -0.05) is 160 Å². The van der Waals surface area contributed by atoms with Gasteiger partial charge in [0.25, 0.3) is 0 Å². The molecular formula is C56H81N3O16P2. The van der Waals surface area contributed by atoms with Crippen molar-refractivity contribution in [2.45, 2.75) is 147 Å². The summed E-state index contributed by atoms with van der Waals surface area (Å²) in [5.41, 5.74) is 4.57. The Balaban J connectivity index is 1.88. The molecule has 1 saturated heterocycles. The van der Waals surface area contributed by atoms with Crippen LogP contribution in [0.25, 0.3) is 0 Å². The largest absolute Gasteiger partial charge is 0.481 e. The first kappa shape index (κ1) is 67.7. The van der Waals surface area contributed by atoms with Crippen LogP contribution in [0.5, 0.6) is 0 Å². The highest BCUT2D eigenvalue weighted by Gasteiger charge is 2.46. The summed E-state index contributed by atoms with van der Waals surface area (Å²) in [6, 6.07) is 1.23. The number of anilines is 1. The molecule has 19 nitrogen and oxygen atoms in total. The third-order valence-electron chi connectivity index (χ3n) is 10.5. The fourth-order valence-corrected chi connectivity index (χ4v) is 8.68. The van der Waals surface area contributed by atoms with Gasteiger partial charge in [0, 0.05) is 19.0 Å². The Morgan fingerprint density at radius 3 is 1.69 bits per heavy atom. The van der Waals surface area contributed by atoms with E-state index in [1.165, 1.54) is 6.07 Å². The summed E-state index contributed by atoms with van der Waals surface area (Å²) in [6.07, 6.45) is 50.0. The maximum absolute atomic E-state index is 12.9. The van der Waals surface area contributed by atoms with Crippen molar-refractivity contribution in [1.82, 2.24) is 9.55 Å². The van der Waals surface area contributed by atoms with Crippen LogP contribution in [0.2, 0.25) is 0 Å². The Kier molecular flexibility index (Phi) is 36.6. The molecule has 8 atom stereocenters. The summed E-state index contributed by atoms with van der Waals surface area (Å²) < 4.78 is 56.6. The van der Waals surface area contributed by atoms with E-state index in [0.717, 1.165) is 62.1 Å². The van der Waals surface area contributed by atoms with Gasteiger partial charge in [-0.05, 0) is 89.5 Å². The summed E-state index contributed by atoms with van der Waals surface area (Å²) in [5, 5.41) is 30.8. The minimum Gasteiger partial charge on any atom is -0.462 e. The van der Waals surface area contributed by atoms with E-state index in [1.807, 2.05) is 92.0 Å². The van der Waals surface area contributed by atoms with Gasteiger partial charge in [-0.2, -0.15) is 9.29 Å². The normalized spacial score (nSPS) is 20.2. The molecular weight excluding hydrogens is 1030 g/mol. The van der Waals surface area contributed by atoms with E-state index >= 15 is 0 Å². The molecule has 0 radical (unpaired) electrons. The van der Waals surface area contributed by atoms with Gasteiger partial charge in [0.05, 0.1) is 19.3 Å². The van der Waals surface area contributed by atoms with Gasteiger partial charge in [-0.25, -0.2) is 13.9 Å². The number of rotatable bonds is 40. The molecule has 0 bridgehead atoms. The van der Waals surface area contributed by atoms with Crippen LogP contribution in [0.4, 0.5) is 5.82 Å². The molecule has 3 unspecified atom stereocenters. The van der Waals surface area contributed by atoms with Gasteiger partial charge >= 0.3 is 33.3 Å². The van der Waals surface area contributed by atoms with Crippen LogP contribution in [0.1, 0.15) is 116 Å². The predicted octanol–water partition coefficient (Wildman–Crippen LogP) is 10.1. The number of nitrogens with two attached hydrogens (primary N) is 1. The highest BCUT2D eigenvalue weighted by Crippen LogP contribution is 2.60. The van der Waals surface area contributed by atoms with Crippen LogP contribution in [0.3, 0.4) is 0 Å². The second-order valence-electron chi connectivity index (χ2n) is 17.1. The van der Waals surface area contributed by atoms with E-state index in [1.54, 1.807) is 12.2 Å². The lowest BCUT2D eigenvalue weighted by molar-refractivity contribution is -0.161. The fourth-order valence-electron chi connectivity index (χ4n) is 6.56. The maximum atomic E-state index is 12.9. The molecule has 0 aliphatic carbocycles. The van der Waals surface area contributed by atoms with E-state index < -0.39 is 89.8 Å². The Labute approximate surface area is 453 Å². The van der Waals surface area contributed by atoms with Crippen molar-refractivity contribution in [1.29, 1.82) is 0 Å². The smallest absolute Gasteiger partial charge is 0.462 e. The van der Waals surface area contributed by atoms with Gasteiger partial charge in [0.1, 0.15) is 30.7 Å². The molecule has 0 aromatic carbocycles. The van der Waals surface area contributed by atoms with Crippen molar-refractivity contribution in [2.24, 2.45) is 0 Å². The number of carbonyl (C=O) groups is 2. The van der Waals surface area contributed by atoms with Crippen LogP contribution in [0.15, 0.2) is 163 Å². The molecule has 1 aliphatic heterocycles. The topological polar surface area (TPSA) is 286 Å². The van der Waals surface area contributed by atoms with E-state index in [2.05, 4.69) is 64.8 Å². The number of ether oxygens (including phenoxy) is 3. The average Bonchev–Trinajstić information content (AvgIpc) is 3.66. The third kappa shape index (κ3) is 34.2. The van der Waals surface area contributed by atoms with E-state index in [9.17, 15) is 48.6 Å². The van der Waals surface area contributed by atoms with Crippen molar-refractivity contribution in [3.63, 3.8) is 0 Å². The van der Waals surface area contributed by atoms with Crippen LogP contribution in [-0.4, -0.2) is 96.9 Å². The van der Waals surface area contributed by atoms with E-state index in [-0.39, 0.29) is 25.1 Å². The highest BCUT2D eigenvalue weighted by atomic mass is 31.3. The second-order valence-corrected chi connectivity index (χ2v) is 20.1. The molecule has 1 aromatic rings. The number of hydrogen-bond acceptors (Lipinski definition) is 16. The number of phosphoric ester groups is 2. The number of carbonyl (C=O) groups excluding carboxylic acids is 2. The number of esters is 2. The number of hydrogen-bond donors (Lipinski definition) is 6. The predicted molar refractivity (Wildman–Crippen MR) is 299 cm³/mol. The third-order valence-corrected chi connectivity index (χ3v) is 13.1. The number of nitrogen functional groups attached to an aromatic ring is 1. The molecule has 0 saturated carbocycles. The number of allylic oxidation sites excluding steroid dienone is 22. The van der Waals surface area contributed by atoms with Gasteiger partial charge in [-0.3, -0.25) is 23.2 Å². The quantitative estimate of drug-likeness (QED) is 0.0154. The Hall–Kier alpha value is -5.40. The molecule has 2 heterocycles. The maximum Gasteiger partial charge on any atom is 0.481 e. The molecule has 77 heavy (non-hydrogen) atoms. The number of phosphoric acid groups is 2. The standard InChI is InChI=1S/C56H81N3O16P2/c1-3-5-7-8-9-10-11-12-13-14-15-16-17-20-23-26-29-32-36-40-51(61)70-44-48(73-52(62)41-37-33-30-27-24-21-18-19-22-25-28-31-35-39-47(60)38-34-6-4-2)45-71-76(66,67)75-77(68,69)72-46-49-53(63)54(64)55(74-49)59-43-42-50(57)58-56(59)65/h5-7,9-10,12-13,15-16,19-24,28-35,39,42-43,47-49,53-55,60,63-64H,3-4,8,11,14,17-18,25-27,36-38,40-41,44-46H2,1-2H3,(H,66,67)(H,68,69)(H2,57,58,65)/b7-5-,10-9-,13-12-,16-15-,22-19-,23-20-,24-21-,31-28+,32-29-,33-30-,34-6-,39-35+/t47?,48-,49-,53-,54-,55-/m1/s1. The van der Waals surface area contributed by atoms with Gasteiger partial charge in [0.2, 0.25) is 0 Å². The summed E-state index contributed by atoms with van der Waals surface area (Å²) in [7, 11) is -10.9. The zero-order valence-corrected chi connectivity index (χ0v) is 46.1. The number of aromatic nitrogens is 2. The first-order valence-corrected chi connectivity index (χ1v) is 28.9. The molecule has 0 spiro atoms. The van der Waals surface area contributed by atoms with Gasteiger partial charge in [0.15, 0.2) is 12.3 Å². The minimum absolute atomic E-state index is 0.0317. The first-order chi connectivity index (χ1) is 37.1. The fraction of sp³-hybridized carbons (Fsp3) is 0.464. The average molecular weight is 1110 g/mol. The lowest BCUT2D eigenvalue weighted by Crippen LogP contribution is -2.36. The Bertz CT molecular complexity index is 2380. The van der Waals surface area contributed by atoms with Gasteiger partial charge < -0.3 is 45.1 Å². The van der Waals surface area contributed by atoms with Crippen LogP contribution in [-0.2, 0) is 46.3 Å². The number of nitrogens with zero attached hydrogens (tertiary/aromatic N) is 2. The zero-order chi connectivity index (χ0) is 56.4. The van der Waals surface area contributed by atoms with Crippen molar-refractivity contribution < 1.29 is 71.4 Å². The van der Waals surface area contributed by atoms with Crippen LogP contribution >= 0.6 is 15.6 Å². The summed E-state index contributed by atoms with van der Waals surface area (Å²) in [4.78, 5) is 61.9. The molecule has 2 rings (SSSR count). The van der Waals surface area contributed by atoms with E-state index in [4.69, 9.17) is 29.0 Å². The van der Waals surface area contributed by atoms with Crippen LogP contribution in [0, 0.1) is 0 Å². The van der Waals surface area contributed by atoms with Crippen molar-refractivity contribution in [3.05, 3.63) is 169 Å². The molecule has 1 aliphatic rings. The number of aliphatic hydroxyl groups excluding tert-OH is 3. The molecule has 7 N–H and O–H groups in total. The van der Waals surface area contributed by atoms with Crippen molar-refractivity contribution in [3.8, 4) is 0 Å². The summed E-state index contributed by atoms with van der Waals surface area (Å²) in [6.45, 7) is 1.66. The summed E-state index contributed by atoms with van der Waals surface area (Å²) in [5.74, 6) is -1.54.